The smallest absolute Gasteiger partial charge is 0.152 e. The van der Waals surface area contributed by atoms with Crippen molar-refractivity contribution in [3.8, 4) is 0 Å². The van der Waals surface area contributed by atoms with Crippen LogP contribution >= 0.6 is 0 Å². The first kappa shape index (κ1) is 13.1. The summed E-state index contributed by atoms with van der Waals surface area (Å²) in [7, 11) is -1.14. The minimum Gasteiger partial charge on any atom is -0.373 e. The van der Waals surface area contributed by atoms with Gasteiger partial charge in [-0.05, 0) is 20.3 Å². The second-order valence-corrected chi connectivity index (χ2v) is 7.15. The van der Waals surface area contributed by atoms with Crippen molar-refractivity contribution < 1.29 is 8.42 Å². The largest absolute Gasteiger partial charge is 0.373 e. The zero-order valence-electron chi connectivity index (χ0n) is 10.8. The third-order valence-electron chi connectivity index (χ3n) is 3.03. The van der Waals surface area contributed by atoms with Crippen LogP contribution in [0.4, 0.5) is 11.6 Å². The SMILES string of the molecule is CNc1cc(NC2(C)CCS(=O)(=O)C2)nc(C)n1. The first-order valence-electron chi connectivity index (χ1n) is 5.84. The van der Waals surface area contributed by atoms with Gasteiger partial charge in [-0.25, -0.2) is 18.4 Å². The highest BCUT2D eigenvalue weighted by Gasteiger charge is 2.38. The number of sulfone groups is 1. The summed E-state index contributed by atoms with van der Waals surface area (Å²) in [5, 5.41) is 6.17. The molecule has 2 N–H and O–H groups in total. The fourth-order valence-electron chi connectivity index (χ4n) is 2.18. The standard InChI is InChI=1S/C11H18N4O2S/c1-8-13-9(12-3)6-10(14-8)15-11(2)4-5-18(16,17)7-11/h6H,4-5,7H2,1-3H3,(H2,12,13,14,15). The second kappa shape index (κ2) is 4.38. The van der Waals surface area contributed by atoms with E-state index in [2.05, 4.69) is 20.6 Å². The molecule has 0 bridgehead atoms. The number of hydrogen-bond donors (Lipinski definition) is 2. The lowest BCUT2D eigenvalue weighted by atomic mass is 10.0. The van der Waals surface area contributed by atoms with Crippen LogP contribution in [0.15, 0.2) is 6.07 Å². The maximum atomic E-state index is 11.5. The van der Waals surface area contributed by atoms with Gasteiger partial charge < -0.3 is 10.6 Å². The van der Waals surface area contributed by atoms with Gasteiger partial charge in [-0.1, -0.05) is 0 Å². The van der Waals surface area contributed by atoms with Crippen LogP contribution < -0.4 is 10.6 Å². The molecule has 100 valence electrons. The number of aryl methyl sites for hydroxylation is 1. The van der Waals surface area contributed by atoms with Crippen molar-refractivity contribution in [2.45, 2.75) is 25.8 Å². The lowest BCUT2D eigenvalue weighted by Crippen LogP contribution is -2.36. The summed E-state index contributed by atoms with van der Waals surface area (Å²) in [6.07, 6.45) is 0.604. The molecule has 2 heterocycles. The van der Waals surface area contributed by atoms with E-state index in [1.165, 1.54) is 0 Å². The van der Waals surface area contributed by atoms with Crippen LogP contribution in [0.5, 0.6) is 0 Å². The van der Waals surface area contributed by atoms with Crippen molar-refractivity contribution in [1.29, 1.82) is 0 Å². The first-order chi connectivity index (χ1) is 8.32. The molecule has 0 amide bonds. The molecular weight excluding hydrogens is 252 g/mol. The molecule has 1 unspecified atom stereocenters. The topological polar surface area (TPSA) is 84.0 Å². The number of anilines is 2. The van der Waals surface area contributed by atoms with Crippen molar-refractivity contribution in [3.63, 3.8) is 0 Å². The van der Waals surface area contributed by atoms with Crippen LogP contribution in [0.2, 0.25) is 0 Å². The fraction of sp³-hybridized carbons (Fsp3) is 0.636. The maximum absolute atomic E-state index is 11.5. The third kappa shape index (κ3) is 2.90. The minimum atomic E-state index is -2.92. The summed E-state index contributed by atoms with van der Waals surface area (Å²) in [6, 6.07) is 1.78. The van der Waals surface area contributed by atoms with E-state index in [9.17, 15) is 8.42 Å². The molecule has 6 nitrogen and oxygen atoms in total. The van der Waals surface area contributed by atoms with Gasteiger partial charge in [-0.2, -0.15) is 0 Å². The predicted octanol–water partition coefficient (Wildman–Crippen LogP) is 0.816. The van der Waals surface area contributed by atoms with Crippen molar-refractivity contribution in [1.82, 2.24) is 9.97 Å². The van der Waals surface area contributed by atoms with Gasteiger partial charge >= 0.3 is 0 Å². The zero-order valence-corrected chi connectivity index (χ0v) is 11.6. The Balaban J connectivity index is 2.22. The molecule has 0 spiro atoms. The van der Waals surface area contributed by atoms with Gasteiger partial charge in [0.2, 0.25) is 0 Å². The normalized spacial score (nSPS) is 25.9. The van der Waals surface area contributed by atoms with Gasteiger partial charge in [0.25, 0.3) is 0 Å². The number of nitrogens with zero attached hydrogens (tertiary/aromatic N) is 2. The van der Waals surface area contributed by atoms with Crippen molar-refractivity contribution in [3.05, 3.63) is 11.9 Å². The lowest BCUT2D eigenvalue weighted by molar-refractivity contribution is 0.571. The Hall–Kier alpha value is -1.37. The highest BCUT2D eigenvalue weighted by Crippen LogP contribution is 2.27. The summed E-state index contributed by atoms with van der Waals surface area (Å²) in [5.74, 6) is 2.41. The molecule has 1 aromatic heterocycles. The summed E-state index contributed by atoms with van der Waals surface area (Å²) in [6.45, 7) is 3.72. The quantitative estimate of drug-likeness (QED) is 0.846. The van der Waals surface area contributed by atoms with E-state index in [4.69, 9.17) is 0 Å². The molecule has 0 saturated carbocycles. The summed E-state index contributed by atoms with van der Waals surface area (Å²) in [5.41, 5.74) is -0.440. The van der Waals surface area contributed by atoms with Crippen LogP contribution in [0, 0.1) is 6.92 Å². The molecular formula is C11H18N4O2S. The van der Waals surface area contributed by atoms with Gasteiger partial charge in [-0.15, -0.1) is 0 Å². The number of aromatic nitrogens is 2. The summed E-state index contributed by atoms with van der Waals surface area (Å²) in [4.78, 5) is 8.48. The molecule has 1 aliphatic rings. The maximum Gasteiger partial charge on any atom is 0.152 e. The molecule has 0 aliphatic carbocycles. The van der Waals surface area contributed by atoms with Gasteiger partial charge in [-0.3, -0.25) is 0 Å². The fourth-order valence-corrected chi connectivity index (χ4v) is 4.27. The van der Waals surface area contributed by atoms with E-state index in [0.29, 0.717) is 18.1 Å². The van der Waals surface area contributed by atoms with Gasteiger partial charge in [0.1, 0.15) is 17.5 Å². The predicted molar refractivity (Wildman–Crippen MR) is 71.6 cm³/mol. The Morgan fingerprint density at radius 2 is 2.00 bits per heavy atom. The Kier molecular flexibility index (Phi) is 3.18. The Morgan fingerprint density at radius 3 is 2.56 bits per heavy atom. The monoisotopic (exact) mass is 270 g/mol. The Bertz CT molecular complexity index is 558. The van der Waals surface area contributed by atoms with E-state index in [-0.39, 0.29) is 11.5 Å². The van der Waals surface area contributed by atoms with Crippen LogP contribution in [0.3, 0.4) is 0 Å². The molecule has 1 atom stereocenters. The van der Waals surface area contributed by atoms with Crippen molar-refractivity contribution in [2.24, 2.45) is 0 Å². The van der Waals surface area contributed by atoms with Crippen LogP contribution in [-0.2, 0) is 9.84 Å². The summed E-state index contributed by atoms with van der Waals surface area (Å²) >= 11 is 0. The van der Waals surface area contributed by atoms with E-state index in [1.54, 1.807) is 20.0 Å². The second-order valence-electron chi connectivity index (χ2n) is 4.96. The van der Waals surface area contributed by atoms with Gasteiger partial charge in [0.05, 0.1) is 17.0 Å². The van der Waals surface area contributed by atoms with Crippen LogP contribution in [-0.4, -0.2) is 42.5 Å². The Labute approximate surface area is 107 Å². The van der Waals surface area contributed by atoms with Gasteiger partial charge in [0.15, 0.2) is 9.84 Å². The minimum absolute atomic E-state index is 0.151. The molecule has 0 aromatic carbocycles. The van der Waals surface area contributed by atoms with Crippen LogP contribution in [0.1, 0.15) is 19.2 Å². The molecule has 1 aromatic rings. The highest BCUT2D eigenvalue weighted by atomic mass is 32.2. The molecule has 1 aliphatic heterocycles. The highest BCUT2D eigenvalue weighted by molar-refractivity contribution is 7.91. The molecule has 7 heteroatoms. The Morgan fingerprint density at radius 1 is 1.33 bits per heavy atom. The molecule has 1 saturated heterocycles. The van der Waals surface area contributed by atoms with Crippen molar-refractivity contribution in [2.75, 3.05) is 29.2 Å². The lowest BCUT2D eigenvalue weighted by Gasteiger charge is -2.24. The average Bonchev–Trinajstić information content (AvgIpc) is 2.51. The third-order valence-corrected chi connectivity index (χ3v) is 4.93. The number of rotatable bonds is 3. The summed E-state index contributed by atoms with van der Waals surface area (Å²) < 4.78 is 23.1. The zero-order chi connectivity index (χ0) is 13.4. The van der Waals surface area contributed by atoms with E-state index in [1.807, 2.05) is 6.92 Å². The number of hydrogen-bond acceptors (Lipinski definition) is 6. The van der Waals surface area contributed by atoms with Crippen LogP contribution in [0.25, 0.3) is 0 Å². The molecule has 18 heavy (non-hydrogen) atoms. The van der Waals surface area contributed by atoms with E-state index >= 15 is 0 Å². The number of nitrogens with one attached hydrogen (secondary N) is 2. The average molecular weight is 270 g/mol. The molecule has 0 radical (unpaired) electrons. The van der Waals surface area contributed by atoms with Crippen molar-refractivity contribution >= 4 is 21.5 Å². The van der Waals surface area contributed by atoms with E-state index in [0.717, 1.165) is 5.82 Å². The molecule has 1 fully saturated rings. The first-order valence-corrected chi connectivity index (χ1v) is 7.66. The molecule has 2 rings (SSSR count). The van der Waals surface area contributed by atoms with Gasteiger partial charge in [0, 0.05) is 13.1 Å². The van der Waals surface area contributed by atoms with E-state index < -0.39 is 15.4 Å².